The van der Waals surface area contributed by atoms with Crippen LogP contribution in [0.2, 0.25) is 0 Å². The molecule has 4 rings (SSSR count). The third-order valence-corrected chi connectivity index (χ3v) is 4.99. The third-order valence-electron chi connectivity index (χ3n) is 4.99. The van der Waals surface area contributed by atoms with Crippen molar-refractivity contribution in [1.29, 1.82) is 0 Å². The van der Waals surface area contributed by atoms with E-state index >= 15 is 0 Å². The second-order valence-corrected chi connectivity index (χ2v) is 6.66. The summed E-state index contributed by atoms with van der Waals surface area (Å²) >= 11 is 0. The number of aromatic nitrogens is 1. The van der Waals surface area contributed by atoms with Gasteiger partial charge in [0.25, 0.3) is 0 Å². The predicted molar refractivity (Wildman–Crippen MR) is 98.2 cm³/mol. The van der Waals surface area contributed by atoms with Gasteiger partial charge in [0.15, 0.2) is 0 Å². The second-order valence-electron chi connectivity index (χ2n) is 6.66. The molecule has 1 aromatic carbocycles. The molecular formula is C20H23N3O2. The number of anilines is 3. The van der Waals surface area contributed by atoms with Crippen LogP contribution in [-0.4, -0.2) is 30.6 Å². The Labute approximate surface area is 148 Å². The van der Waals surface area contributed by atoms with Gasteiger partial charge in [0.05, 0.1) is 11.9 Å². The van der Waals surface area contributed by atoms with Crippen molar-refractivity contribution in [3.8, 4) is 0 Å². The maximum Gasteiger partial charge on any atom is 0.227 e. The number of carbonyl (C=O) groups excluding carboxylic acids is 1. The van der Waals surface area contributed by atoms with Crippen LogP contribution in [0.4, 0.5) is 17.2 Å². The zero-order valence-corrected chi connectivity index (χ0v) is 14.3. The molecule has 130 valence electrons. The Morgan fingerprint density at radius 2 is 2.00 bits per heavy atom. The van der Waals surface area contributed by atoms with Gasteiger partial charge >= 0.3 is 0 Å². The smallest absolute Gasteiger partial charge is 0.227 e. The highest BCUT2D eigenvalue weighted by Gasteiger charge is 2.22. The standard InChI is InChI=1S/C20H23N3O2/c24-20(16-9-12-25-13-10-16)22-17-7-8-19(21-14-17)23-11-3-5-15-4-1-2-6-18(15)23/h1-2,4,6-8,14,16H,3,5,9-13H2,(H,22,24). The van der Waals surface area contributed by atoms with Crippen LogP contribution in [0, 0.1) is 5.92 Å². The fourth-order valence-electron chi connectivity index (χ4n) is 3.60. The Morgan fingerprint density at radius 3 is 2.80 bits per heavy atom. The fraction of sp³-hybridized carbons (Fsp3) is 0.400. The molecule has 1 fully saturated rings. The van der Waals surface area contributed by atoms with E-state index in [0.29, 0.717) is 13.2 Å². The topological polar surface area (TPSA) is 54.5 Å². The summed E-state index contributed by atoms with van der Waals surface area (Å²) in [4.78, 5) is 19.2. The normalized spacial score (nSPS) is 17.8. The summed E-state index contributed by atoms with van der Waals surface area (Å²) in [5.74, 6) is 1.04. The van der Waals surface area contributed by atoms with Gasteiger partial charge in [0.2, 0.25) is 5.91 Å². The van der Waals surface area contributed by atoms with E-state index in [-0.39, 0.29) is 11.8 Å². The summed E-state index contributed by atoms with van der Waals surface area (Å²) in [6.07, 6.45) is 5.58. The van der Waals surface area contributed by atoms with Crippen LogP contribution >= 0.6 is 0 Å². The molecule has 0 atom stereocenters. The molecule has 0 spiro atoms. The molecule has 0 radical (unpaired) electrons. The van der Waals surface area contributed by atoms with Crippen LogP contribution in [0.5, 0.6) is 0 Å². The summed E-state index contributed by atoms with van der Waals surface area (Å²) in [7, 11) is 0. The molecule has 1 aromatic heterocycles. The fourth-order valence-corrected chi connectivity index (χ4v) is 3.60. The quantitative estimate of drug-likeness (QED) is 0.931. The van der Waals surface area contributed by atoms with Gasteiger partial charge in [0, 0.05) is 31.4 Å². The largest absolute Gasteiger partial charge is 0.381 e. The first-order chi connectivity index (χ1) is 12.3. The minimum atomic E-state index is 0.0439. The lowest BCUT2D eigenvalue weighted by Gasteiger charge is -2.30. The first-order valence-electron chi connectivity index (χ1n) is 9.01. The van der Waals surface area contributed by atoms with Crippen LogP contribution in [0.25, 0.3) is 0 Å². The zero-order chi connectivity index (χ0) is 17.1. The number of rotatable bonds is 3. The van der Waals surface area contributed by atoms with Crippen LogP contribution < -0.4 is 10.2 Å². The SMILES string of the molecule is O=C(Nc1ccc(N2CCCc3ccccc32)nc1)C1CCOCC1. The Kier molecular flexibility index (Phi) is 4.65. The van der Waals surface area contributed by atoms with Crippen LogP contribution in [0.1, 0.15) is 24.8 Å². The van der Waals surface area contributed by atoms with E-state index in [0.717, 1.165) is 43.7 Å². The van der Waals surface area contributed by atoms with Crippen molar-refractivity contribution in [2.45, 2.75) is 25.7 Å². The average Bonchev–Trinajstić information content (AvgIpc) is 2.69. The molecule has 5 nitrogen and oxygen atoms in total. The number of benzene rings is 1. The highest BCUT2D eigenvalue weighted by molar-refractivity contribution is 5.92. The molecule has 0 aliphatic carbocycles. The number of hydrogen-bond donors (Lipinski definition) is 1. The predicted octanol–water partition coefficient (Wildman–Crippen LogP) is 3.53. The number of para-hydroxylation sites is 1. The van der Waals surface area contributed by atoms with E-state index in [9.17, 15) is 4.79 Å². The van der Waals surface area contributed by atoms with Gasteiger partial charge in [-0.25, -0.2) is 4.98 Å². The molecule has 3 heterocycles. The first kappa shape index (κ1) is 16.1. The van der Waals surface area contributed by atoms with Gasteiger partial charge in [0.1, 0.15) is 5.82 Å². The Balaban J connectivity index is 1.46. The van der Waals surface area contributed by atoms with E-state index in [4.69, 9.17) is 4.74 Å². The summed E-state index contributed by atoms with van der Waals surface area (Å²) in [6.45, 7) is 2.31. The van der Waals surface area contributed by atoms with Gasteiger partial charge < -0.3 is 15.0 Å². The summed E-state index contributed by atoms with van der Waals surface area (Å²) in [5.41, 5.74) is 3.36. The highest BCUT2D eigenvalue weighted by atomic mass is 16.5. The molecular weight excluding hydrogens is 314 g/mol. The van der Waals surface area contributed by atoms with Crippen molar-refractivity contribution in [1.82, 2.24) is 4.98 Å². The molecule has 25 heavy (non-hydrogen) atoms. The van der Waals surface area contributed by atoms with E-state index in [1.54, 1.807) is 6.20 Å². The summed E-state index contributed by atoms with van der Waals surface area (Å²) < 4.78 is 5.31. The highest BCUT2D eigenvalue weighted by Crippen LogP contribution is 2.32. The maximum absolute atomic E-state index is 12.3. The number of pyridine rings is 1. The molecule has 5 heteroatoms. The van der Waals surface area contributed by atoms with Gasteiger partial charge in [-0.05, 0) is 49.4 Å². The summed E-state index contributed by atoms with van der Waals surface area (Å²) in [5, 5.41) is 2.99. The average molecular weight is 337 g/mol. The maximum atomic E-state index is 12.3. The lowest BCUT2D eigenvalue weighted by Crippen LogP contribution is -2.28. The van der Waals surface area contributed by atoms with Gasteiger partial charge in [-0.3, -0.25) is 4.79 Å². The molecule has 0 unspecified atom stereocenters. The number of aryl methyl sites for hydroxylation is 1. The van der Waals surface area contributed by atoms with E-state index in [1.165, 1.54) is 11.3 Å². The molecule has 2 aliphatic rings. The number of carbonyl (C=O) groups is 1. The Morgan fingerprint density at radius 1 is 1.16 bits per heavy atom. The minimum Gasteiger partial charge on any atom is -0.381 e. The monoisotopic (exact) mass is 337 g/mol. The number of amides is 1. The molecule has 1 amide bonds. The summed E-state index contributed by atoms with van der Waals surface area (Å²) in [6, 6.07) is 12.4. The minimum absolute atomic E-state index is 0.0439. The second kappa shape index (κ2) is 7.23. The molecule has 1 N–H and O–H groups in total. The Bertz CT molecular complexity index is 739. The van der Waals surface area contributed by atoms with Crippen LogP contribution in [0.3, 0.4) is 0 Å². The first-order valence-corrected chi connectivity index (χ1v) is 9.01. The number of hydrogen-bond acceptors (Lipinski definition) is 4. The third kappa shape index (κ3) is 3.51. The van der Waals surface area contributed by atoms with Crippen molar-refractivity contribution in [2.75, 3.05) is 30.0 Å². The van der Waals surface area contributed by atoms with E-state index in [2.05, 4.69) is 39.5 Å². The van der Waals surface area contributed by atoms with E-state index < -0.39 is 0 Å². The lowest BCUT2D eigenvalue weighted by molar-refractivity contribution is -0.122. The number of nitrogens with zero attached hydrogens (tertiary/aromatic N) is 2. The van der Waals surface area contributed by atoms with Crippen molar-refractivity contribution in [2.24, 2.45) is 5.92 Å². The molecule has 0 saturated carbocycles. The molecule has 2 aromatic rings. The molecule has 2 aliphatic heterocycles. The van der Waals surface area contributed by atoms with Gasteiger partial charge in [-0.1, -0.05) is 18.2 Å². The zero-order valence-electron chi connectivity index (χ0n) is 14.3. The van der Waals surface area contributed by atoms with Crippen molar-refractivity contribution in [3.05, 3.63) is 48.2 Å². The lowest BCUT2D eigenvalue weighted by atomic mass is 9.99. The van der Waals surface area contributed by atoms with Crippen molar-refractivity contribution in [3.63, 3.8) is 0 Å². The molecule has 1 saturated heterocycles. The van der Waals surface area contributed by atoms with Gasteiger partial charge in [-0.2, -0.15) is 0 Å². The number of ether oxygens (including phenoxy) is 1. The van der Waals surface area contributed by atoms with Crippen molar-refractivity contribution < 1.29 is 9.53 Å². The van der Waals surface area contributed by atoms with Gasteiger partial charge in [-0.15, -0.1) is 0 Å². The Hall–Kier alpha value is -2.40. The van der Waals surface area contributed by atoms with Crippen LogP contribution in [-0.2, 0) is 16.0 Å². The van der Waals surface area contributed by atoms with Crippen LogP contribution in [0.15, 0.2) is 42.6 Å². The molecule has 0 bridgehead atoms. The van der Waals surface area contributed by atoms with Crippen molar-refractivity contribution >= 4 is 23.1 Å². The number of nitrogens with one attached hydrogen (secondary N) is 1. The number of fused-ring (bicyclic) bond motifs is 1. The van der Waals surface area contributed by atoms with E-state index in [1.807, 2.05) is 12.1 Å².